The topological polar surface area (TPSA) is 115 Å². The van der Waals surface area contributed by atoms with E-state index in [0.717, 1.165) is 23.5 Å². The minimum absolute atomic E-state index is 0.00633. The molecule has 33 heavy (non-hydrogen) atoms. The van der Waals surface area contributed by atoms with E-state index in [4.69, 9.17) is 0 Å². The molecule has 0 saturated carbocycles. The van der Waals surface area contributed by atoms with E-state index in [1.165, 1.54) is 18.5 Å². The summed E-state index contributed by atoms with van der Waals surface area (Å²) in [7, 11) is -1.58. The number of hydrogen-bond donors (Lipinski definition) is 2. The summed E-state index contributed by atoms with van der Waals surface area (Å²) in [6, 6.07) is 6.69. The second kappa shape index (κ2) is 9.59. The lowest BCUT2D eigenvalue weighted by atomic mass is 10.0. The summed E-state index contributed by atoms with van der Waals surface area (Å²) < 4.78 is 66.5. The number of halogens is 2. The van der Waals surface area contributed by atoms with E-state index < -0.39 is 45.0 Å². The van der Waals surface area contributed by atoms with Gasteiger partial charge in [-0.2, -0.15) is 0 Å². The van der Waals surface area contributed by atoms with Gasteiger partial charge >= 0.3 is 0 Å². The number of pyridine rings is 1. The molecular weight excluding hydrogens is 492 g/mol. The van der Waals surface area contributed by atoms with E-state index in [0.29, 0.717) is 27.9 Å². The van der Waals surface area contributed by atoms with E-state index in [1.54, 1.807) is 12.1 Å². The molecule has 0 saturated heterocycles. The highest BCUT2D eigenvalue weighted by Crippen LogP contribution is 2.33. The molecular formula is C21H16F2N3O4S3-. The van der Waals surface area contributed by atoms with Crippen molar-refractivity contribution in [3.63, 3.8) is 0 Å². The van der Waals surface area contributed by atoms with Gasteiger partial charge in [0.15, 0.2) is 5.82 Å². The smallest absolute Gasteiger partial charge is 0.201 e. The maximum Gasteiger partial charge on any atom is 0.201 e. The molecule has 3 heterocycles. The van der Waals surface area contributed by atoms with Crippen LogP contribution in [-0.2, 0) is 22.1 Å². The second-order valence-electron chi connectivity index (χ2n) is 6.94. The molecule has 7 nitrogen and oxygen atoms in total. The Hall–Kier alpha value is -2.80. The summed E-state index contributed by atoms with van der Waals surface area (Å²) in [6.45, 7) is 1.81. The highest BCUT2D eigenvalue weighted by Gasteiger charge is 2.25. The molecule has 1 aromatic carbocycles. The molecule has 0 bridgehead atoms. The van der Waals surface area contributed by atoms with E-state index in [2.05, 4.69) is 14.7 Å². The van der Waals surface area contributed by atoms with Gasteiger partial charge in [-0.15, -0.1) is 11.3 Å². The van der Waals surface area contributed by atoms with Crippen molar-refractivity contribution in [3.8, 4) is 10.4 Å². The number of aromatic amines is 1. The van der Waals surface area contributed by atoms with Crippen molar-refractivity contribution < 1.29 is 26.5 Å². The van der Waals surface area contributed by atoms with Crippen LogP contribution in [0.5, 0.6) is 0 Å². The zero-order chi connectivity index (χ0) is 23.7. The number of H-pyrrole nitrogens is 1. The van der Waals surface area contributed by atoms with E-state index in [9.17, 15) is 22.2 Å². The normalized spacial score (nSPS) is 13.2. The van der Waals surface area contributed by atoms with Gasteiger partial charge in [-0.25, -0.2) is 18.0 Å². The van der Waals surface area contributed by atoms with Gasteiger partial charge in [0.1, 0.15) is 22.5 Å². The molecule has 3 aromatic heterocycles. The summed E-state index contributed by atoms with van der Waals surface area (Å²) in [5.41, 5.74) is -0.148. The molecule has 0 amide bonds. The SMILES string of the molecule is CCCS(=O)Nc1ccc(F)c(C(=O)c2c[nH]c3ncc(-c4ccc(S(=O)[O-])s4)cc23)c1F. The fourth-order valence-corrected chi connectivity index (χ4v) is 5.54. The highest BCUT2D eigenvalue weighted by atomic mass is 32.2. The lowest BCUT2D eigenvalue weighted by molar-refractivity contribution is 0.103. The third kappa shape index (κ3) is 4.64. The Morgan fingerprint density at radius 2 is 2.03 bits per heavy atom. The van der Waals surface area contributed by atoms with Gasteiger partial charge in [0.2, 0.25) is 5.78 Å². The number of carbonyl (C=O) groups excluding carboxylic acids is 1. The number of thiophene rings is 1. The van der Waals surface area contributed by atoms with Crippen LogP contribution in [0.3, 0.4) is 0 Å². The summed E-state index contributed by atoms with van der Waals surface area (Å²) in [6.07, 6.45) is 3.41. The number of ketones is 1. The summed E-state index contributed by atoms with van der Waals surface area (Å²) in [5.74, 6) is -2.83. The standard InChI is InChI=1S/C21H17F2N3O4S3/c1-2-7-32(28)26-15-4-3-14(22)18(19(15)23)20(27)13-10-25-21-12(13)8-11(9-24-21)16-5-6-17(31-16)33(29)30/h3-6,8-10,26H,2,7H2,1H3,(H,24,25)(H,29,30)/p-1. The Kier molecular flexibility index (Phi) is 6.79. The van der Waals surface area contributed by atoms with Gasteiger partial charge in [0.05, 0.1) is 15.5 Å². The Morgan fingerprint density at radius 3 is 2.73 bits per heavy atom. The van der Waals surface area contributed by atoms with Crippen LogP contribution in [-0.4, -0.2) is 34.5 Å². The van der Waals surface area contributed by atoms with Crippen LogP contribution in [0.25, 0.3) is 21.5 Å². The van der Waals surface area contributed by atoms with Gasteiger partial charge in [-0.1, -0.05) is 6.92 Å². The fraction of sp³-hybridized carbons (Fsp3) is 0.143. The predicted molar refractivity (Wildman–Crippen MR) is 123 cm³/mol. The Balaban J connectivity index is 1.75. The molecule has 2 atom stereocenters. The zero-order valence-corrected chi connectivity index (χ0v) is 19.5. The fourth-order valence-electron chi connectivity index (χ4n) is 3.22. The molecule has 0 spiro atoms. The van der Waals surface area contributed by atoms with E-state index >= 15 is 4.39 Å². The lowest BCUT2D eigenvalue weighted by Gasteiger charge is -2.10. The molecule has 0 radical (unpaired) electrons. The van der Waals surface area contributed by atoms with E-state index in [-0.39, 0.29) is 21.2 Å². The molecule has 0 aliphatic heterocycles. The molecule has 2 N–H and O–H groups in total. The van der Waals surface area contributed by atoms with Crippen molar-refractivity contribution in [1.82, 2.24) is 9.97 Å². The van der Waals surface area contributed by atoms with Crippen LogP contribution in [0.1, 0.15) is 29.3 Å². The molecule has 2 unspecified atom stereocenters. The molecule has 12 heteroatoms. The Morgan fingerprint density at radius 1 is 1.24 bits per heavy atom. The number of benzene rings is 1. The molecule has 4 aromatic rings. The number of nitrogens with one attached hydrogen (secondary N) is 2. The molecule has 0 fully saturated rings. The van der Waals surface area contributed by atoms with Crippen molar-refractivity contribution in [2.24, 2.45) is 0 Å². The van der Waals surface area contributed by atoms with E-state index in [1.807, 2.05) is 6.92 Å². The largest absolute Gasteiger partial charge is 0.768 e. The average molecular weight is 509 g/mol. The number of hydrogen-bond acceptors (Lipinski definition) is 6. The van der Waals surface area contributed by atoms with Crippen LogP contribution >= 0.6 is 11.3 Å². The minimum Gasteiger partial charge on any atom is -0.768 e. The van der Waals surface area contributed by atoms with Crippen LogP contribution in [0, 0.1) is 11.6 Å². The van der Waals surface area contributed by atoms with Crippen LogP contribution in [0.15, 0.2) is 46.9 Å². The number of aromatic nitrogens is 2. The van der Waals surface area contributed by atoms with Gasteiger partial charge in [0.25, 0.3) is 0 Å². The monoisotopic (exact) mass is 508 g/mol. The van der Waals surface area contributed by atoms with Gasteiger partial charge in [-0.3, -0.25) is 9.00 Å². The molecule has 4 rings (SSSR count). The molecule has 172 valence electrons. The second-order valence-corrected chi connectivity index (χ2v) is 10.5. The first kappa shape index (κ1) is 23.4. The predicted octanol–water partition coefficient (Wildman–Crippen LogP) is 4.52. The van der Waals surface area contributed by atoms with Crippen LogP contribution in [0.2, 0.25) is 0 Å². The first-order chi connectivity index (χ1) is 15.8. The Bertz CT molecular complexity index is 1420. The molecule has 0 aliphatic rings. The number of carbonyl (C=O) groups is 1. The quantitative estimate of drug-likeness (QED) is 0.268. The third-order valence-electron chi connectivity index (χ3n) is 4.74. The maximum absolute atomic E-state index is 15.1. The average Bonchev–Trinajstić information content (AvgIpc) is 3.43. The first-order valence-corrected chi connectivity index (χ1v) is 12.9. The van der Waals surface area contributed by atoms with Crippen LogP contribution in [0.4, 0.5) is 14.5 Å². The van der Waals surface area contributed by atoms with Crippen molar-refractivity contribution in [1.29, 1.82) is 0 Å². The summed E-state index contributed by atoms with van der Waals surface area (Å²) >= 11 is -1.35. The maximum atomic E-state index is 15.1. The van der Waals surface area contributed by atoms with Crippen molar-refractivity contribution in [2.75, 3.05) is 10.5 Å². The first-order valence-electron chi connectivity index (χ1n) is 9.64. The summed E-state index contributed by atoms with van der Waals surface area (Å²) in [4.78, 5) is 20.8. The van der Waals surface area contributed by atoms with Crippen LogP contribution < -0.4 is 4.72 Å². The number of fused-ring (bicyclic) bond motifs is 1. The lowest BCUT2D eigenvalue weighted by Crippen LogP contribution is -2.13. The third-order valence-corrected chi connectivity index (χ3v) is 8.02. The Labute approximate surface area is 196 Å². The van der Waals surface area contributed by atoms with Crippen molar-refractivity contribution in [3.05, 3.63) is 65.5 Å². The number of nitrogens with zero attached hydrogens (tertiary/aromatic N) is 1. The zero-order valence-electron chi connectivity index (χ0n) is 17.0. The minimum atomic E-state index is -2.37. The van der Waals surface area contributed by atoms with Gasteiger partial charge < -0.3 is 14.3 Å². The summed E-state index contributed by atoms with van der Waals surface area (Å²) in [5, 5.41) is 0.322. The van der Waals surface area contributed by atoms with Crippen molar-refractivity contribution >= 4 is 55.9 Å². The molecule has 0 aliphatic carbocycles. The number of rotatable bonds is 8. The number of anilines is 1. The highest BCUT2D eigenvalue weighted by molar-refractivity contribution is 7.86. The van der Waals surface area contributed by atoms with Gasteiger partial charge in [0, 0.05) is 39.5 Å². The van der Waals surface area contributed by atoms with Crippen molar-refractivity contribution in [2.45, 2.75) is 17.6 Å². The van der Waals surface area contributed by atoms with Gasteiger partial charge in [-0.05, 0) is 47.8 Å².